The third kappa shape index (κ3) is 15.0. The highest BCUT2D eigenvalue weighted by Crippen LogP contribution is 1.84. The molecule has 0 atom stereocenters. The number of hydrogen-bond acceptors (Lipinski definition) is 2. The number of aromatic amines is 2. The van der Waals surface area contributed by atoms with Crippen LogP contribution in [0.5, 0.6) is 0 Å². The summed E-state index contributed by atoms with van der Waals surface area (Å²) in [4.78, 5) is 15.1. The summed E-state index contributed by atoms with van der Waals surface area (Å²) < 4.78 is 4.31. The van der Waals surface area contributed by atoms with E-state index >= 15 is 0 Å². The first-order valence-electron chi connectivity index (χ1n) is 8.01. The molecule has 0 saturated carbocycles. The van der Waals surface area contributed by atoms with Crippen molar-refractivity contribution in [3.05, 3.63) is 50.1 Å². The molecule has 24 heavy (non-hydrogen) atoms. The number of carbonyl (C=O) groups excluding carboxylic acids is 1. The summed E-state index contributed by atoms with van der Waals surface area (Å²) in [5.74, 6) is -1.23. The largest absolute Gasteiger partial charge is 1.00 e. The van der Waals surface area contributed by atoms with Gasteiger partial charge in [-0.1, -0.05) is 33.3 Å². The molecule has 0 unspecified atom stereocenters. The molecule has 0 aliphatic rings. The van der Waals surface area contributed by atoms with Crippen molar-refractivity contribution in [3.8, 4) is 0 Å². The van der Waals surface area contributed by atoms with E-state index in [9.17, 15) is 0 Å². The number of unbranched alkanes of at least 4 members (excludes halogenated alkanes) is 2. The van der Waals surface area contributed by atoms with Crippen molar-refractivity contribution < 1.29 is 36.0 Å². The summed E-state index contributed by atoms with van der Waals surface area (Å²) in [5.41, 5.74) is 0. The van der Waals surface area contributed by atoms with Crippen LogP contribution >= 0.6 is 0 Å². The predicted molar refractivity (Wildman–Crippen MR) is 87.0 cm³/mol. The van der Waals surface area contributed by atoms with E-state index in [0.717, 1.165) is 19.2 Å². The summed E-state index contributed by atoms with van der Waals surface area (Å²) in [5, 5.41) is 9.14. The minimum absolute atomic E-state index is 0. The molecular formula is C17H29BrN4O2. The fourth-order valence-electron chi connectivity index (χ4n) is 1.60. The second-order valence-corrected chi connectivity index (χ2v) is 4.93. The molecule has 0 spiro atoms. The Hall–Kier alpha value is -1.89. The van der Waals surface area contributed by atoms with Gasteiger partial charge >= 0.3 is 0 Å². The average molecular weight is 401 g/mol. The zero-order valence-corrected chi connectivity index (χ0v) is 16.2. The van der Waals surface area contributed by atoms with Gasteiger partial charge in [0.25, 0.3) is 0 Å². The van der Waals surface area contributed by atoms with Crippen LogP contribution in [0.1, 0.15) is 39.5 Å². The Labute approximate surface area is 155 Å². The highest BCUT2D eigenvalue weighted by atomic mass is 79.9. The Kier molecular flexibility index (Phi) is 17.7. The number of aromatic nitrogens is 4. The van der Waals surface area contributed by atoms with Crippen molar-refractivity contribution >= 4 is 5.97 Å². The van der Waals surface area contributed by atoms with Crippen LogP contribution < -0.4 is 31.2 Å². The summed E-state index contributed by atoms with van der Waals surface area (Å²) in [7, 11) is 0. The molecule has 0 saturated heterocycles. The molecule has 2 N–H and O–H groups in total. The molecule has 136 valence electrons. The third-order valence-electron chi connectivity index (χ3n) is 2.91. The van der Waals surface area contributed by atoms with E-state index in [1.165, 1.54) is 25.7 Å². The van der Waals surface area contributed by atoms with Gasteiger partial charge in [-0.05, 0) is 18.9 Å². The van der Waals surface area contributed by atoms with Crippen molar-refractivity contribution in [2.24, 2.45) is 0 Å². The molecule has 2 aromatic rings. The Morgan fingerprint density at radius 3 is 1.62 bits per heavy atom. The number of aryl methyl sites for hydroxylation is 2. The Morgan fingerprint density at radius 2 is 1.42 bits per heavy atom. The normalized spacial score (nSPS) is 8.75. The molecule has 6 nitrogen and oxygen atoms in total. The molecule has 0 aliphatic heterocycles. The van der Waals surface area contributed by atoms with Crippen LogP contribution in [-0.2, 0) is 17.9 Å². The predicted octanol–water partition coefficient (Wildman–Crippen LogP) is -1.87. The van der Waals surface area contributed by atoms with Gasteiger partial charge in [-0.3, -0.25) is 9.97 Å². The van der Waals surface area contributed by atoms with Crippen molar-refractivity contribution in [2.75, 3.05) is 0 Å². The van der Waals surface area contributed by atoms with Gasteiger partial charge in [0.15, 0.2) is 0 Å². The lowest BCUT2D eigenvalue weighted by Gasteiger charge is -1.89. The minimum Gasteiger partial charge on any atom is -1.00 e. The lowest BCUT2D eigenvalue weighted by molar-refractivity contribution is -0.696. The molecule has 2 heterocycles. The van der Waals surface area contributed by atoms with Crippen LogP contribution in [0.15, 0.2) is 50.1 Å². The lowest BCUT2D eigenvalue weighted by atomic mass is 10.3. The van der Waals surface area contributed by atoms with Gasteiger partial charge in [-0.2, -0.15) is 0 Å². The van der Waals surface area contributed by atoms with Gasteiger partial charge in [-0.25, -0.2) is 9.13 Å². The van der Waals surface area contributed by atoms with Gasteiger partial charge < -0.3 is 26.9 Å². The first-order valence-corrected chi connectivity index (χ1v) is 8.01. The van der Waals surface area contributed by atoms with Crippen molar-refractivity contribution in [1.29, 1.82) is 0 Å². The number of carboxylic acids is 1. The number of rotatable bonds is 7. The van der Waals surface area contributed by atoms with E-state index in [-0.39, 0.29) is 17.0 Å². The maximum Gasteiger partial charge on any atom is 0.241 e. The van der Waals surface area contributed by atoms with Crippen LogP contribution in [-0.4, -0.2) is 15.9 Å². The SMILES string of the molecule is C=CC(=O)[O-].CCCC[n+]1cc[nH]c1.CCCC[n+]1cc[nH]c1.[Br-]. The fourth-order valence-corrected chi connectivity index (χ4v) is 1.60. The number of aliphatic carboxylic acids is 1. The number of halogens is 1. The lowest BCUT2D eigenvalue weighted by Crippen LogP contribution is -3.00. The molecular weight excluding hydrogens is 372 g/mol. The topological polar surface area (TPSA) is 79.5 Å². The number of nitrogens with zero attached hydrogens (tertiary/aromatic N) is 2. The fraction of sp³-hybridized carbons (Fsp3) is 0.471. The maximum atomic E-state index is 9.14. The van der Waals surface area contributed by atoms with Gasteiger partial charge in [0.2, 0.25) is 12.7 Å². The van der Waals surface area contributed by atoms with Gasteiger partial charge in [0, 0.05) is 0 Å². The molecule has 0 aliphatic carbocycles. The van der Waals surface area contributed by atoms with Crippen LogP contribution in [0, 0.1) is 0 Å². The number of hydrogen-bond donors (Lipinski definition) is 2. The number of carbonyl (C=O) groups is 1. The zero-order valence-electron chi connectivity index (χ0n) is 14.6. The molecule has 2 rings (SSSR count). The minimum atomic E-state index is -1.23. The molecule has 0 aromatic carbocycles. The van der Waals surface area contributed by atoms with E-state index in [2.05, 4.69) is 51.9 Å². The zero-order chi connectivity index (χ0) is 17.3. The Balaban J connectivity index is 0. The number of H-pyrrole nitrogens is 2. The smallest absolute Gasteiger partial charge is 0.241 e. The van der Waals surface area contributed by atoms with Crippen LogP contribution in [0.25, 0.3) is 0 Å². The number of nitrogens with one attached hydrogen (secondary N) is 2. The monoisotopic (exact) mass is 400 g/mol. The Morgan fingerprint density at radius 1 is 1.04 bits per heavy atom. The summed E-state index contributed by atoms with van der Waals surface area (Å²) >= 11 is 0. The first kappa shape index (κ1) is 24.4. The van der Waals surface area contributed by atoms with Crippen molar-refractivity contribution in [3.63, 3.8) is 0 Å². The van der Waals surface area contributed by atoms with E-state index in [4.69, 9.17) is 9.90 Å². The highest BCUT2D eigenvalue weighted by Gasteiger charge is 1.93. The summed E-state index contributed by atoms with van der Waals surface area (Å²) in [6.45, 7) is 9.58. The van der Waals surface area contributed by atoms with Gasteiger partial charge in [0.1, 0.15) is 24.8 Å². The van der Waals surface area contributed by atoms with E-state index in [0.29, 0.717) is 0 Å². The molecule has 0 amide bonds. The highest BCUT2D eigenvalue weighted by molar-refractivity contribution is 5.76. The Bertz CT molecular complexity index is 460. The number of imidazole rings is 2. The molecule has 0 radical (unpaired) electrons. The van der Waals surface area contributed by atoms with Gasteiger partial charge in [-0.15, -0.1) is 0 Å². The first-order chi connectivity index (χ1) is 11.1. The molecule has 0 bridgehead atoms. The second kappa shape index (κ2) is 17.5. The number of carboxylic acid groups (broad SMARTS) is 1. The van der Waals surface area contributed by atoms with E-state index < -0.39 is 5.97 Å². The summed E-state index contributed by atoms with van der Waals surface area (Å²) in [6.07, 6.45) is 17.7. The van der Waals surface area contributed by atoms with Crippen LogP contribution in [0.2, 0.25) is 0 Å². The second-order valence-electron chi connectivity index (χ2n) is 4.93. The third-order valence-corrected chi connectivity index (χ3v) is 2.91. The van der Waals surface area contributed by atoms with Crippen molar-refractivity contribution in [2.45, 2.75) is 52.6 Å². The average Bonchev–Trinajstić information content (AvgIpc) is 3.25. The van der Waals surface area contributed by atoms with E-state index in [1.54, 1.807) is 0 Å². The van der Waals surface area contributed by atoms with Crippen molar-refractivity contribution in [1.82, 2.24) is 9.97 Å². The molecule has 7 heteroatoms. The quantitative estimate of drug-likeness (QED) is 0.421. The van der Waals surface area contributed by atoms with E-state index in [1.807, 2.05) is 25.0 Å². The molecule has 0 fully saturated rings. The standard InChI is InChI=1S/2C7H12N2.C3H4O2.BrH/c2*1-2-3-5-9-6-4-8-7-9;1-2-3(4)5;/h2*4,6-7H,2-3,5H2,1H3;2H,1H2,(H,4,5);1H. The maximum absolute atomic E-state index is 9.14. The molecule has 2 aromatic heterocycles. The van der Waals surface area contributed by atoms with Crippen LogP contribution in [0.3, 0.4) is 0 Å². The van der Waals surface area contributed by atoms with Crippen LogP contribution in [0.4, 0.5) is 0 Å². The van der Waals surface area contributed by atoms with Gasteiger partial charge in [0.05, 0.1) is 19.1 Å². The summed E-state index contributed by atoms with van der Waals surface area (Å²) in [6, 6.07) is 0.